The first-order valence-electron chi connectivity index (χ1n) is 10.2. The van der Waals surface area contributed by atoms with E-state index in [4.69, 9.17) is 4.52 Å². The van der Waals surface area contributed by atoms with E-state index in [1.165, 1.54) is 0 Å². The highest BCUT2D eigenvalue weighted by molar-refractivity contribution is 7.89. The summed E-state index contributed by atoms with van der Waals surface area (Å²) in [6, 6.07) is 12.8. The van der Waals surface area contributed by atoms with Crippen molar-refractivity contribution in [3.8, 4) is 0 Å². The number of hydrogen-bond donors (Lipinski definition) is 1. The molecule has 0 bridgehead atoms. The van der Waals surface area contributed by atoms with Gasteiger partial charge in [-0.05, 0) is 24.6 Å². The van der Waals surface area contributed by atoms with Crippen molar-refractivity contribution >= 4 is 21.7 Å². The van der Waals surface area contributed by atoms with Gasteiger partial charge < -0.3 is 9.84 Å². The Morgan fingerprint density at radius 3 is 2.24 bits per heavy atom. The number of aryl methyl sites for hydroxylation is 1. The second kappa shape index (κ2) is 9.38. The summed E-state index contributed by atoms with van der Waals surface area (Å²) >= 11 is 0. The summed E-state index contributed by atoms with van der Waals surface area (Å²) in [5.41, 5.74) is 0.715. The second-order valence-corrected chi connectivity index (χ2v) is 9.49. The monoisotopic (exact) mass is 476 g/mol. The number of piperazine rings is 1. The minimum atomic E-state index is -4.37. The smallest absolute Gasteiger partial charge is 0.249 e. The van der Waals surface area contributed by atoms with Crippen LogP contribution in [-0.4, -0.2) is 54.9 Å². The molecule has 1 N–H and O–H groups in total. The van der Waals surface area contributed by atoms with Crippen LogP contribution in [0.25, 0.3) is 0 Å². The first kappa shape index (κ1) is 23.0. The van der Waals surface area contributed by atoms with E-state index in [1.807, 2.05) is 11.0 Å². The number of aromatic nitrogens is 1. The Morgan fingerprint density at radius 1 is 1.03 bits per heavy atom. The van der Waals surface area contributed by atoms with Crippen molar-refractivity contribution in [3.05, 3.63) is 77.6 Å². The SMILES string of the molecule is Cc1cc(NC(=O)C(c2ccccc2)N2CCN(S(=O)(=O)c3c(F)cccc3F)CC2)no1. The molecule has 1 amide bonds. The van der Waals surface area contributed by atoms with E-state index in [0.29, 0.717) is 11.3 Å². The number of hydrogen-bond acceptors (Lipinski definition) is 6. The predicted molar refractivity (Wildman–Crippen MR) is 116 cm³/mol. The molecule has 2 aromatic carbocycles. The molecular formula is C22H22F2N4O4S. The molecule has 0 saturated carbocycles. The van der Waals surface area contributed by atoms with Crippen molar-refractivity contribution in [2.24, 2.45) is 0 Å². The van der Waals surface area contributed by atoms with E-state index in [2.05, 4.69) is 10.5 Å². The van der Waals surface area contributed by atoms with E-state index in [0.717, 1.165) is 22.5 Å². The van der Waals surface area contributed by atoms with Crippen LogP contribution in [0.4, 0.5) is 14.6 Å². The van der Waals surface area contributed by atoms with Gasteiger partial charge in [-0.1, -0.05) is 41.6 Å². The van der Waals surface area contributed by atoms with Crippen molar-refractivity contribution < 1.29 is 26.5 Å². The molecule has 0 aliphatic carbocycles. The van der Waals surface area contributed by atoms with Gasteiger partial charge in [-0.25, -0.2) is 17.2 Å². The van der Waals surface area contributed by atoms with Crippen LogP contribution in [0.2, 0.25) is 0 Å². The van der Waals surface area contributed by atoms with E-state index < -0.39 is 32.6 Å². The van der Waals surface area contributed by atoms with Crippen molar-refractivity contribution in [1.29, 1.82) is 0 Å². The number of benzene rings is 2. The van der Waals surface area contributed by atoms with E-state index in [-0.39, 0.29) is 37.9 Å². The van der Waals surface area contributed by atoms with Crippen LogP contribution in [-0.2, 0) is 14.8 Å². The Morgan fingerprint density at radius 2 is 1.67 bits per heavy atom. The van der Waals surface area contributed by atoms with Gasteiger partial charge in [0, 0.05) is 32.2 Å². The van der Waals surface area contributed by atoms with Gasteiger partial charge >= 0.3 is 0 Å². The number of amides is 1. The lowest BCUT2D eigenvalue weighted by atomic mass is 10.0. The summed E-state index contributed by atoms with van der Waals surface area (Å²) in [6.07, 6.45) is 0. The second-order valence-electron chi connectivity index (χ2n) is 7.62. The van der Waals surface area contributed by atoms with Gasteiger partial charge in [0.1, 0.15) is 23.4 Å². The fourth-order valence-corrected chi connectivity index (χ4v) is 5.37. The standard InChI is InChI=1S/C22H22F2N4O4S/c1-15-14-19(26-32-15)25-22(29)20(16-6-3-2-4-7-16)27-10-12-28(13-11-27)33(30,31)21-17(23)8-5-9-18(21)24/h2-9,14,20H,10-13H2,1H3,(H,25,26,29). The minimum Gasteiger partial charge on any atom is -0.360 e. The quantitative estimate of drug-likeness (QED) is 0.588. The van der Waals surface area contributed by atoms with Crippen molar-refractivity contribution in [2.45, 2.75) is 17.9 Å². The number of halogens is 2. The zero-order valence-corrected chi connectivity index (χ0v) is 18.6. The Kier molecular flexibility index (Phi) is 6.54. The lowest BCUT2D eigenvalue weighted by molar-refractivity contribution is -0.122. The van der Waals surface area contributed by atoms with Crippen molar-refractivity contribution in [3.63, 3.8) is 0 Å². The Balaban J connectivity index is 1.54. The highest BCUT2D eigenvalue weighted by Crippen LogP contribution is 2.28. The third-order valence-electron chi connectivity index (χ3n) is 5.40. The number of sulfonamides is 1. The molecule has 4 rings (SSSR count). The van der Waals surface area contributed by atoms with Crippen molar-refractivity contribution in [1.82, 2.24) is 14.4 Å². The molecule has 11 heteroatoms. The van der Waals surface area contributed by atoms with Gasteiger partial charge in [0.2, 0.25) is 15.9 Å². The summed E-state index contributed by atoms with van der Waals surface area (Å²) in [5, 5.41) is 6.51. The average molecular weight is 477 g/mol. The molecule has 33 heavy (non-hydrogen) atoms. The van der Waals surface area contributed by atoms with Gasteiger partial charge in [-0.2, -0.15) is 4.31 Å². The number of rotatable bonds is 6. The van der Waals surface area contributed by atoms with Crippen LogP contribution >= 0.6 is 0 Å². The molecule has 1 unspecified atom stereocenters. The average Bonchev–Trinajstić information content (AvgIpc) is 3.19. The van der Waals surface area contributed by atoms with Gasteiger partial charge in [0.05, 0.1) is 0 Å². The van der Waals surface area contributed by atoms with Crippen LogP contribution in [0.5, 0.6) is 0 Å². The zero-order chi connectivity index (χ0) is 23.6. The fourth-order valence-electron chi connectivity index (χ4n) is 3.84. The van der Waals surface area contributed by atoms with Crippen LogP contribution in [0.15, 0.2) is 64.0 Å². The van der Waals surface area contributed by atoms with Gasteiger partial charge in [-0.15, -0.1) is 0 Å². The summed E-state index contributed by atoms with van der Waals surface area (Å²) in [6.45, 7) is 2.00. The third kappa shape index (κ3) is 4.80. The Labute approximate surface area is 189 Å². The molecule has 0 radical (unpaired) electrons. The van der Waals surface area contributed by atoms with Crippen LogP contribution in [0.1, 0.15) is 17.4 Å². The van der Waals surface area contributed by atoms with Crippen LogP contribution < -0.4 is 5.32 Å². The predicted octanol–water partition coefficient (Wildman–Crippen LogP) is 2.95. The van der Waals surface area contributed by atoms with Gasteiger partial charge in [0.15, 0.2) is 10.7 Å². The number of nitrogens with zero attached hydrogens (tertiary/aromatic N) is 3. The first-order chi connectivity index (χ1) is 15.8. The fraction of sp³-hybridized carbons (Fsp3) is 0.273. The maximum atomic E-state index is 14.1. The van der Waals surface area contributed by atoms with E-state index in [1.54, 1.807) is 37.3 Å². The molecule has 1 atom stereocenters. The zero-order valence-electron chi connectivity index (χ0n) is 17.7. The lowest BCUT2D eigenvalue weighted by Crippen LogP contribution is -2.51. The molecule has 1 aliphatic rings. The summed E-state index contributed by atoms with van der Waals surface area (Å²) in [5.74, 6) is -1.81. The highest BCUT2D eigenvalue weighted by Gasteiger charge is 2.36. The maximum Gasteiger partial charge on any atom is 0.249 e. The Hall–Kier alpha value is -3.15. The van der Waals surface area contributed by atoms with Crippen molar-refractivity contribution in [2.75, 3.05) is 31.5 Å². The highest BCUT2D eigenvalue weighted by atomic mass is 32.2. The lowest BCUT2D eigenvalue weighted by Gasteiger charge is -2.38. The first-order valence-corrected chi connectivity index (χ1v) is 11.7. The normalized spacial score (nSPS) is 16.5. The third-order valence-corrected chi connectivity index (χ3v) is 7.35. The van der Waals surface area contributed by atoms with E-state index in [9.17, 15) is 22.0 Å². The van der Waals surface area contributed by atoms with Crippen LogP contribution in [0.3, 0.4) is 0 Å². The topological polar surface area (TPSA) is 95.8 Å². The maximum absolute atomic E-state index is 14.1. The minimum absolute atomic E-state index is 0.0320. The van der Waals surface area contributed by atoms with E-state index >= 15 is 0 Å². The molecule has 1 aromatic heterocycles. The summed E-state index contributed by atoms with van der Waals surface area (Å²) in [7, 11) is -4.37. The van der Waals surface area contributed by atoms with Gasteiger partial charge in [0.25, 0.3) is 0 Å². The summed E-state index contributed by atoms with van der Waals surface area (Å²) < 4.78 is 60.0. The molecule has 1 saturated heterocycles. The molecule has 0 spiro atoms. The van der Waals surface area contributed by atoms with Gasteiger partial charge in [-0.3, -0.25) is 9.69 Å². The molecule has 3 aromatic rings. The molecule has 2 heterocycles. The molecule has 8 nitrogen and oxygen atoms in total. The molecule has 1 fully saturated rings. The number of carbonyl (C=O) groups excluding carboxylic acids is 1. The molecule has 1 aliphatic heterocycles. The summed E-state index contributed by atoms with van der Waals surface area (Å²) in [4.78, 5) is 14.0. The number of carbonyl (C=O) groups is 1. The number of anilines is 1. The Bertz CT molecular complexity index is 1220. The molecule has 174 valence electrons. The molecular weight excluding hydrogens is 454 g/mol. The largest absolute Gasteiger partial charge is 0.360 e. The van der Waals surface area contributed by atoms with Crippen LogP contribution in [0, 0.1) is 18.6 Å². The number of nitrogens with one attached hydrogen (secondary N) is 1.